The quantitative estimate of drug-likeness (QED) is 0.405. The van der Waals surface area contributed by atoms with Crippen molar-refractivity contribution >= 4 is 0 Å². The first-order valence-electron chi connectivity index (χ1n) is 11.2. The number of aliphatic hydroxyl groups is 1. The summed E-state index contributed by atoms with van der Waals surface area (Å²) in [6.45, 7) is 7.14. The molecule has 0 radical (unpaired) electrons. The molecule has 30 heavy (non-hydrogen) atoms. The molecule has 1 N–H and O–H groups in total. The molecule has 2 aliphatic rings. The molecule has 2 saturated heterocycles. The van der Waals surface area contributed by atoms with Crippen molar-refractivity contribution in [1.82, 2.24) is 0 Å². The molecule has 6 atom stereocenters. The third kappa shape index (κ3) is 6.36. The van der Waals surface area contributed by atoms with Gasteiger partial charge in [0.15, 0.2) is 12.6 Å². The number of fused-ring (bicyclic) bond motifs is 1. The van der Waals surface area contributed by atoms with Crippen molar-refractivity contribution in [3.63, 3.8) is 0 Å². The van der Waals surface area contributed by atoms with Crippen molar-refractivity contribution in [1.29, 1.82) is 0 Å². The summed E-state index contributed by atoms with van der Waals surface area (Å²) in [6, 6.07) is 9.75. The highest BCUT2D eigenvalue weighted by molar-refractivity contribution is 5.16. The van der Waals surface area contributed by atoms with Crippen LogP contribution in [0, 0.1) is 0 Å². The Balaban J connectivity index is 1.56. The number of benzene rings is 1. The van der Waals surface area contributed by atoms with E-state index in [-0.39, 0.29) is 6.10 Å². The highest BCUT2D eigenvalue weighted by atomic mass is 16.8. The highest BCUT2D eigenvalue weighted by Gasteiger charge is 2.50. The fourth-order valence-electron chi connectivity index (χ4n) is 3.93. The van der Waals surface area contributed by atoms with Gasteiger partial charge < -0.3 is 28.8 Å². The molecule has 0 amide bonds. The van der Waals surface area contributed by atoms with Crippen molar-refractivity contribution in [2.45, 2.75) is 82.4 Å². The van der Waals surface area contributed by atoms with Crippen molar-refractivity contribution in [2.75, 3.05) is 19.8 Å². The number of hydrogen-bond donors (Lipinski definition) is 1. The maximum atomic E-state index is 10.9. The minimum Gasteiger partial charge on any atom is -0.385 e. The standard InChI is InChI=1S/C24H36O6/c1-3-5-6-7-8-12-16-27-24-20(25)22(26-15-4-2)21-19(29-24)17-28-23(30-21)18-13-10-9-11-14-18/h4,9-11,13-14,19-25H,2-3,5-8,12,15-17H2,1H3/t19-,20+,21-,22-,23-,24-/m1/s1. The van der Waals surface area contributed by atoms with Crippen LogP contribution in [0.1, 0.15) is 57.3 Å². The lowest BCUT2D eigenvalue weighted by Crippen LogP contribution is -2.63. The molecule has 0 unspecified atom stereocenters. The van der Waals surface area contributed by atoms with Crippen LogP contribution in [0.2, 0.25) is 0 Å². The summed E-state index contributed by atoms with van der Waals surface area (Å²) >= 11 is 0. The molecule has 2 aliphatic heterocycles. The maximum absolute atomic E-state index is 10.9. The van der Waals surface area contributed by atoms with E-state index in [1.807, 2.05) is 30.3 Å². The molecule has 168 valence electrons. The fraction of sp³-hybridized carbons (Fsp3) is 0.667. The van der Waals surface area contributed by atoms with E-state index >= 15 is 0 Å². The molecule has 0 spiro atoms. The molecular weight excluding hydrogens is 384 g/mol. The van der Waals surface area contributed by atoms with Crippen LogP contribution in [0.3, 0.4) is 0 Å². The first-order chi connectivity index (χ1) is 14.7. The molecular formula is C24H36O6. The number of hydrogen-bond acceptors (Lipinski definition) is 6. The predicted octanol–water partition coefficient (Wildman–Crippen LogP) is 4.13. The van der Waals surface area contributed by atoms with Crippen LogP contribution in [0.25, 0.3) is 0 Å². The smallest absolute Gasteiger partial charge is 0.186 e. The molecule has 0 aliphatic carbocycles. The van der Waals surface area contributed by atoms with Gasteiger partial charge in [-0.25, -0.2) is 0 Å². The van der Waals surface area contributed by atoms with Gasteiger partial charge in [0.05, 0.1) is 13.2 Å². The van der Waals surface area contributed by atoms with E-state index in [0.717, 1.165) is 18.4 Å². The van der Waals surface area contributed by atoms with Crippen molar-refractivity contribution in [3.8, 4) is 0 Å². The normalized spacial score (nSPS) is 31.3. The minimum absolute atomic E-state index is 0.315. The fourth-order valence-corrected chi connectivity index (χ4v) is 3.93. The largest absolute Gasteiger partial charge is 0.385 e. The van der Waals surface area contributed by atoms with Crippen molar-refractivity contribution in [2.24, 2.45) is 0 Å². The van der Waals surface area contributed by atoms with Gasteiger partial charge in [-0.1, -0.05) is 75.4 Å². The van der Waals surface area contributed by atoms with Gasteiger partial charge in [-0.3, -0.25) is 0 Å². The molecule has 0 aromatic heterocycles. The van der Waals surface area contributed by atoms with Crippen LogP contribution in [0.5, 0.6) is 0 Å². The van der Waals surface area contributed by atoms with Gasteiger partial charge in [0.25, 0.3) is 0 Å². The Morgan fingerprint density at radius 1 is 1.07 bits per heavy atom. The van der Waals surface area contributed by atoms with E-state index in [2.05, 4.69) is 13.5 Å². The summed E-state index contributed by atoms with van der Waals surface area (Å²) in [5.74, 6) is 0. The number of aliphatic hydroxyl groups excluding tert-OH is 1. The zero-order valence-corrected chi connectivity index (χ0v) is 18.0. The van der Waals surface area contributed by atoms with Crippen LogP contribution in [-0.4, -0.2) is 55.6 Å². The lowest BCUT2D eigenvalue weighted by molar-refractivity contribution is -0.365. The third-order valence-corrected chi connectivity index (χ3v) is 5.57. The van der Waals surface area contributed by atoms with Gasteiger partial charge in [0.1, 0.15) is 24.4 Å². The predicted molar refractivity (Wildman–Crippen MR) is 114 cm³/mol. The Bertz CT molecular complexity index is 609. The second-order valence-corrected chi connectivity index (χ2v) is 7.94. The van der Waals surface area contributed by atoms with Gasteiger partial charge in [0, 0.05) is 12.2 Å². The highest BCUT2D eigenvalue weighted by Crippen LogP contribution is 2.35. The average molecular weight is 421 g/mol. The molecule has 2 heterocycles. The molecule has 1 aromatic rings. The van der Waals surface area contributed by atoms with Crippen LogP contribution in [0.15, 0.2) is 43.0 Å². The summed E-state index contributed by atoms with van der Waals surface area (Å²) in [5.41, 5.74) is 0.925. The van der Waals surface area contributed by atoms with E-state index in [1.165, 1.54) is 25.7 Å². The number of ether oxygens (including phenoxy) is 5. The maximum Gasteiger partial charge on any atom is 0.186 e. The van der Waals surface area contributed by atoms with Crippen LogP contribution >= 0.6 is 0 Å². The lowest BCUT2D eigenvalue weighted by Gasteiger charge is -2.47. The Labute approximate surface area is 180 Å². The van der Waals surface area contributed by atoms with Crippen molar-refractivity contribution in [3.05, 3.63) is 48.6 Å². The zero-order chi connectivity index (χ0) is 21.2. The molecule has 1 aromatic carbocycles. The zero-order valence-electron chi connectivity index (χ0n) is 18.0. The van der Waals surface area contributed by atoms with E-state index in [9.17, 15) is 5.11 Å². The first kappa shape index (κ1) is 23.4. The van der Waals surface area contributed by atoms with Crippen LogP contribution in [-0.2, 0) is 23.7 Å². The molecule has 6 heteroatoms. The third-order valence-electron chi connectivity index (χ3n) is 5.57. The summed E-state index contributed by atoms with van der Waals surface area (Å²) in [6.07, 6.45) is 5.12. The Morgan fingerprint density at radius 3 is 2.60 bits per heavy atom. The van der Waals surface area contributed by atoms with Crippen molar-refractivity contribution < 1.29 is 28.8 Å². The van der Waals surface area contributed by atoms with Crippen LogP contribution in [0.4, 0.5) is 0 Å². The lowest BCUT2D eigenvalue weighted by atomic mass is 9.97. The average Bonchev–Trinajstić information content (AvgIpc) is 2.78. The Hall–Kier alpha value is -1.28. The van der Waals surface area contributed by atoms with Gasteiger partial charge in [-0.05, 0) is 6.42 Å². The summed E-state index contributed by atoms with van der Waals surface area (Å²) < 4.78 is 29.8. The van der Waals surface area contributed by atoms with Gasteiger partial charge >= 0.3 is 0 Å². The van der Waals surface area contributed by atoms with Crippen LogP contribution < -0.4 is 0 Å². The first-order valence-corrected chi connectivity index (χ1v) is 11.2. The number of rotatable bonds is 12. The van der Waals surface area contributed by atoms with E-state index in [1.54, 1.807) is 6.08 Å². The topological polar surface area (TPSA) is 66.4 Å². The van der Waals surface area contributed by atoms with Gasteiger partial charge in [0.2, 0.25) is 0 Å². The summed E-state index contributed by atoms with van der Waals surface area (Å²) in [4.78, 5) is 0. The Morgan fingerprint density at radius 2 is 1.83 bits per heavy atom. The molecule has 3 rings (SSSR count). The molecule has 6 nitrogen and oxygen atoms in total. The number of unbranched alkanes of at least 4 members (excludes halogenated alkanes) is 5. The second-order valence-electron chi connectivity index (χ2n) is 7.94. The van der Waals surface area contributed by atoms with E-state index in [0.29, 0.717) is 19.8 Å². The minimum atomic E-state index is -0.944. The van der Waals surface area contributed by atoms with Gasteiger partial charge in [-0.15, -0.1) is 6.58 Å². The monoisotopic (exact) mass is 420 g/mol. The second kappa shape index (κ2) is 12.5. The molecule has 2 fully saturated rings. The molecule has 0 bridgehead atoms. The van der Waals surface area contributed by atoms with E-state index < -0.39 is 30.9 Å². The SMILES string of the molecule is C=CCO[C@@H]1[C@H](O)[C@H](OCCCCCCCC)O[C@@H]2CO[C@@H](c3ccccc3)O[C@@H]12. The Kier molecular flexibility index (Phi) is 9.78. The summed E-state index contributed by atoms with van der Waals surface area (Å²) in [7, 11) is 0. The van der Waals surface area contributed by atoms with Gasteiger partial charge in [-0.2, -0.15) is 0 Å². The molecule has 0 saturated carbocycles. The summed E-state index contributed by atoms with van der Waals surface area (Å²) in [5, 5.41) is 10.9. The van der Waals surface area contributed by atoms with E-state index in [4.69, 9.17) is 23.7 Å².